The van der Waals surface area contributed by atoms with E-state index in [1.165, 1.54) is 17.1 Å². The zero-order valence-corrected chi connectivity index (χ0v) is 16.1. The van der Waals surface area contributed by atoms with Gasteiger partial charge in [0.1, 0.15) is 0 Å². The summed E-state index contributed by atoms with van der Waals surface area (Å²) < 4.78 is 0. The van der Waals surface area contributed by atoms with Gasteiger partial charge >= 0.3 is 6.03 Å². The molecule has 1 saturated heterocycles. The Hall–Kier alpha value is -2.51. The number of amides is 3. The first-order valence-electron chi connectivity index (χ1n) is 8.89. The second-order valence-electron chi connectivity index (χ2n) is 6.56. The first kappa shape index (κ1) is 19.3. The number of nitrogens with two attached hydrogens (primary N) is 1. The number of carbonyl (C=O) groups is 2. The lowest BCUT2D eigenvalue weighted by molar-refractivity contribution is 0.102. The van der Waals surface area contributed by atoms with Crippen molar-refractivity contribution in [3.05, 3.63) is 59.2 Å². The maximum absolute atomic E-state index is 12.5. The molecule has 0 bridgehead atoms. The van der Waals surface area contributed by atoms with Gasteiger partial charge in [0.25, 0.3) is 5.91 Å². The van der Waals surface area contributed by atoms with Crippen LogP contribution >= 0.6 is 11.8 Å². The highest BCUT2D eigenvalue weighted by Gasteiger charge is 2.13. The van der Waals surface area contributed by atoms with E-state index in [0.29, 0.717) is 11.3 Å². The van der Waals surface area contributed by atoms with Crippen molar-refractivity contribution >= 4 is 35.1 Å². The predicted octanol–water partition coefficient (Wildman–Crippen LogP) is 3.29. The Labute approximate surface area is 163 Å². The molecule has 0 spiro atoms. The Balaban J connectivity index is 1.66. The van der Waals surface area contributed by atoms with Crippen LogP contribution in [0.1, 0.15) is 21.5 Å². The van der Waals surface area contributed by atoms with Crippen molar-refractivity contribution in [1.29, 1.82) is 0 Å². The van der Waals surface area contributed by atoms with Gasteiger partial charge in [-0.3, -0.25) is 9.69 Å². The number of anilines is 2. The Morgan fingerprint density at radius 3 is 2.59 bits per heavy atom. The molecule has 0 aliphatic carbocycles. The van der Waals surface area contributed by atoms with Gasteiger partial charge in [-0.25, -0.2) is 4.79 Å². The first-order chi connectivity index (χ1) is 13.0. The average molecular weight is 385 g/mol. The summed E-state index contributed by atoms with van der Waals surface area (Å²) in [5.74, 6) is 2.15. The Morgan fingerprint density at radius 2 is 1.89 bits per heavy atom. The van der Waals surface area contributed by atoms with Crippen molar-refractivity contribution in [2.45, 2.75) is 13.5 Å². The zero-order valence-electron chi connectivity index (χ0n) is 15.3. The minimum absolute atomic E-state index is 0.230. The first-order valence-corrected chi connectivity index (χ1v) is 10.0. The van der Waals surface area contributed by atoms with Gasteiger partial charge in [0.05, 0.1) is 0 Å². The number of nitrogens with one attached hydrogen (secondary N) is 2. The Morgan fingerprint density at radius 1 is 1.11 bits per heavy atom. The van der Waals surface area contributed by atoms with Crippen LogP contribution in [0.2, 0.25) is 0 Å². The molecule has 142 valence electrons. The topological polar surface area (TPSA) is 87.5 Å². The molecule has 2 aromatic carbocycles. The molecule has 1 heterocycles. The highest BCUT2D eigenvalue weighted by atomic mass is 32.2. The average Bonchev–Trinajstić information content (AvgIpc) is 2.64. The maximum atomic E-state index is 12.5. The van der Waals surface area contributed by atoms with Crippen molar-refractivity contribution in [2.24, 2.45) is 5.73 Å². The van der Waals surface area contributed by atoms with E-state index in [-0.39, 0.29) is 5.91 Å². The van der Waals surface area contributed by atoms with Crippen molar-refractivity contribution in [1.82, 2.24) is 4.90 Å². The molecule has 3 amide bonds. The van der Waals surface area contributed by atoms with Gasteiger partial charge in [-0.2, -0.15) is 11.8 Å². The number of aryl methyl sites for hydroxylation is 1. The summed E-state index contributed by atoms with van der Waals surface area (Å²) in [4.78, 5) is 26.0. The van der Waals surface area contributed by atoms with Gasteiger partial charge in [-0.1, -0.05) is 18.2 Å². The molecule has 7 heteroatoms. The molecule has 4 N–H and O–H groups in total. The van der Waals surface area contributed by atoms with Gasteiger partial charge in [-0.05, 0) is 42.3 Å². The molecule has 3 rings (SSSR count). The maximum Gasteiger partial charge on any atom is 0.316 e. The number of hydrogen-bond acceptors (Lipinski definition) is 4. The van der Waals surface area contributed by atoms with Crippen LogP contribution in [-0.2, 0) is 6.54 Å². The third kappa shape index (κ3) is 5.48. The van der Waals surface area contributed by atoms with E-state index < -0.39 is 6.03 Å². The fraction of sp³-hybridized carbons (Fsp3) is 0.300. The molecule has 1 aliphatic rings. The van der Waals surface area contributed by atoms with E-state index in [1.807, 2.05) is 24.8 Å². The van der Waals surface area contributed by atoms with E-state index in [1.54, 1.807) is 24.3 Å². The summed E-state index contributed by atoms with van der Waals surface area (Å²) in [7, 11) is 0. The third-order valence-corrected chi connectivity index (χ3v) is 5.38. The van der Waals surface area contributed by atoms with E-state index >= 15 is 0 Å². The lowest BCUT2D eigenvalue weighted by Crippen LogP contribution is -2.31. The number of rotatable bonds is 5. The summed E-state index contributed by atoms with van der Waals surface area (Å²) in [6.45, 7) is 5.18. The van der Waals surface area contributed by atoms with E-state index in [2.05, 4.69) is 27.7 Å². The fourth-order valence-electron chi connectivity index (χ4n) is 3.06. The second kappa shape index (κ2) is 8.92. The molecular formula is C20H24N4O2S. The van der Waals surface area contributed by atoms with Crippen LogP contribution in [0.4, 0.5) is 16.2 Å². The minimum Gasteiger partial charge on any atom is -0.351 e. The van der Waals surface area contributed by atoms with E-state index in [9.17, 15) is 9.59 Å². The highest BCUT2D eigenvalue weighted by molar-refractivity contribution is 7.99. The predicted molar refractivity (Wildman–Crippen MR) is 111 cm³/mol. The van der Waals surface area contributed by atoms with Crippen LogP contribution in [0, 0.1) is 6.92 Å². The van der Waals surface area contributed by atoms with Crippen molar-refractivity contribution in [3.8, 4) is 0 Å². The van der Waals surface area contributed by atoms with Gasteiger partial charge in [0, 0.05) is 48.1 Å². The van der Waals surface area contributed by atoms with Crippen molar-refractivity contribution in [3.63, 3.8) is 0 Å². The molecular weight excluding hydrogens is 360 g/mol. The summed E-state index contributed by atoms with van der Waals surface area (Å²) in [5, 5.41) is 5.41. The van der Waals surface area contributed by atoms with Crippen LogP contribution in [0.3, 0.4) is 0 Å². The van der Waals surface area contributed by atoms with Gasteiger partial charge in [0.15, 0.2) is 0 Å². The van der Waals surface area contributed by atoms with Crippen molar-refractivity contribution in [2.75, 3.05) is 35.2 Å². The second-order valence-corrected chi connectivity index (χ2v) is 7.79. The number of thioether (sulfide) groups is 1. The Bertz CT molecular complexity index is 834. The molecule has 0 saturated carbocycles. The lowest BCUT2D eigenvalue weighted by Gasteiger charge is -2.26. The van der Waals surface area contributed by atoms with Crippen LogP contribution in [0.15, 0.2) is 42.5 Å². The SMILES string of the molecule is Cc1cc(CN2CCSCC2)ccc1NC(=O)c1cccc(NC(N)=O)c1. The van der Waals surface area contributed by atoms with Crippen molar-refractivity contribution < 1.29 is 9.59 Å². The molecule has 6 nitrogen and oxygen atoms in total. The monoisotopic (exact) mass is 384 g/mol. The molecule has 0 atom stereocenters. The number of carbonyl (C=O) groups excluding carboxylic acids is 2. The summed E-state index contributed by atoms with van der Waals surface area (Å²) in [6, 6.07) is 12.2. The highest BCUT2D eigenvalue weighted by Crippen LogP contribution is 2.20. The third-order valence-electron chi connectivity index (χ3n) is 4.44. The standard InChI is InChI=1S/C20H24N4O2S/c1-14-11-15(13-24-7-9-27-10-8-24)5-6-18(14)23-19(25)16-3-2-4-17(12-16)22-20(21)26/h2-6,11-12H,7-10,13H2,1H3,(H,23,25)(H3,21,22,26). The fourth-order valence-corrected chi connectivity index (χ4v) is 4.04. The lowest BCUT2D eigenvalue weighted by atomic mass is 10.1. The summed E-state index contributed by atoms with van der Waals surface area (Å²) in [5.41, 5.74) is 9.13. The van der Waals surface area contributed by atoms with Crippen LogP contribution in [0.5, 0.6) is 0 Å². The molecule has 2 aromatic rings. The molecule has 1 fully saturated rings. The Kier molecular flexibility index (Phi) is 6.36. The van der Waals surface area contributed by atoms with Gasteiger partial charge in [0.2, 0.25) is 0 Å². The van der Waals surface area contributed by atoms with E-state index in [0.717, 1.165) is 30.9 Å². The van der Waals surface area contributed by atoms with Crippen LogP contribution < -0.4 is 16.4 Å². The summed E-state index contributed by atoms with van der Waals surface area (Å²) in [6.07, 6.45) is 0. The number of hydrogen-bond donors (Lipinski definition) is 3. The largest absolute Gasteiger partial charge is 0.351 e. The molecule has 27 heavy (non-hydrogen) atoms. The molecule has 0 radical (unpaired) electrons. The van der Waals surface area contributed by atoms with Gasteiger partial charge < -0.3 is 16.4 Å². The number of nitrogens with zero attached hydrogens (tertiary/aromatic N) is 1. The zero-order chi connectivity index (χ0) is 19.2. The smallest absolute Gasteiger partial charge is 0.316 e. The van der Waals surface area contributed by atoms with E-state index in [4.69, 9.17) is 5.73 Å². The molecule has 0 aromatic heterocycles. The molecule has 0 unspecified atom stereocenters. The number of urea groups is 1. The quantitative estimate of drug-likeness (QED) is 0.738. The van der Waals surface area contributed by atoms with Crippen LogP contribution in [-0.4, -0.2) is 41.4 Å². The number of benzene rings is 2. The van der Waals surface area contributed by atoms with Gasteiger partial charge in [-0.15, -0.1) is 0 Å². The molecule has 1 aliphatic heterocycles. The normalized spacial score (nSPS) is 14.6. The summed E-state index contributed by atoms with van der Waals surface area (Å²) >= 11 is 2.00. The number of primary amides is 1. The van der Waals surface area contributed by atoms with Crippen LogP contribution in [0.25, 0.3) is 0 Å². The minimum atomic E-state index is -0.661.